The van der Waals surface area contributed by atoms with Gasteiger partial charge in [0, 0.05) is 18.2 Å². The number of carbonyl (C=O) groups is 1. The number of nitrogens with zero attached hydrogens (tertiary/aromatic N) is 3. The molecule has 0 aliphatic heterocycles. The number of nitrogens with one attached hydrogen (secondary N) is 1. The quantitative estimate of drug-likeness (QED) is 0.475. The van der Waals surface area contributed by atoms with Crippen LogP contribution in [0, 0.1) is 0 Å². The van der Waals surface area contributed by atoms with Crippen LogP contribution in [0.5, 0.6) is 5.75 Å². The average Bonchev–Trinajstić information content (AvgIpc) is 3.45. The lowest BCUT2D eigenvalue weighted by molar-refractivity contribution is -0.120. The molecule has 1 aromatic heterocycles. The molecule has 6 nitrogen and oxygen atoms in total. The van der Waals surface area contributed by atoms with E-state index in [2.05, 4.69) is 27.6 Å². The number of hydrogen-bond acceptors (Lipinski definition) is 5. The fraction of sp³-hybridized carbons (Fsp3) is 0.400. The Morgan fingerprint density at radius 3 is 2.53 bits per heavy atom. The molecule has 0 bridgehead atoms. The van der Waals surface area contributed by atoms with Crippen LogP contribution in [-0.4, -0.2) is 38.6 Å². The molecule has 2 aromatic carbocycles. The summed E-state index contributed by atoms with van der Waals surface area (Å²) in [4.78, 5) is 12.8. The number of thioether (sulfide) groups is 1. The van der Waals surface area contributed by atoms with Crippen LogP contribution >= 0.6 is 11.8 Å². The van der Waals surface area contributed by atoms with Crippen molar-refractivity contribution in [3.63, 3.8) is 0 Å². The molecule has 1 fully saturated rings. The molecule has 1 heterocycles. The first kappa shape index (κ1) is 22.4. The summed E-state index contributed by atoms with van der Waals surface area (Å²) in [5, 5.41) is 12.6. The number of benzene rings is 2. The second kappa shape index (κ2) is 10.7. The van der Waals surface area contributed by atoms with Crippen molar-refractivity contribution in [1.82, 2.24) is 20.1 Å². The third kappa shape index (κ3) is 5.51. The van der Waals surface area contributed by atoms with Crippen molar-refractivity contribution in [1.29, 1.82) is 0 Å². The maximum atomic E-state index is 12.8. The molecule has 4 rings (SSSR count). The van der Waals surface area contributed by atoms with Crippen LogP contribution in [0.4, 0.5) is 0 Å². The molecule has 0 radical (unpaired) electrons. The monoisotopic (exact) mass is 450 g/mol. The van der Waals surface area contributed by atoms with Gasteiger partial charge in [-0.3, -0.25) is 9.36 Å². The molecular formula is C25H30N4O2S. The summed E-state index contributed by atoms with van der Waals surface area (Å²) in [5.74, 6) is 1.73. The molecule has 0 saturated heterocycles. The maximum absolute atomic E-state index is 12.8. The van der Waals surface area contributed by atoms with Crippen LogP contribution in [-0.2, 0) is 11.2 Å². The van der Waals surface area contributed by atoms with Gasteiger partial charge in [-0.15, -0.1) is 10.2 Å². The molecule has 32 heavy (non-hydrogen) atoms. The van der Waals surface area contributed by atoms with E-state index in [-0.39, 0.29) is 11.2 Å². The second-order valence-corrected chi connectivity index (χ2v) is 9.38. The molecule has 1 unspecified atom stereocenters. The molecule has 1 N–H and O–H groups in total. The fourth-order valence-electron chi connectivity index (χ4n) is 3.99. The Bertz CT molecular complexity index is 1010. The lowest BCUT2D eigenvalue weighted by atomic mass is 10.1. The van der Waals surface area contributed by atoms with Crippen LogP contribution in [0.3, 0.4) is 0 Å². The third-order valence-electron chi connectivity index (χ3n) is 5.66. The predicted octanol–water partition coefficient (Wildman–Crippen LogP) is 4.80. The Labute approximate surface area is 193 Å². The lowest BCUT2D eigenvalue weighted by Crippen LogP contribution is -2.37. The number of amides is 1. The van der Waals surface area contributed by atoms with Gasteiger partial charge in [-0.2, -0.15) is 0 Å². The highest BCUT2D eigenvalue weighted by Gasteiger charge is 2.24. The summed E-state index contributed by atoms with van der Waals surface area (Å²) in [7, 11) is 0. The topological polar surface area (TPSA) is 69.0 Å². The highest BCUT2D eigenvalue weighted by molar-refractivity contribution is 8.00. The van der Waals surface area contributed by atoms with Gasteiger partial charge in [-0.05, 0) is 56.5 Å². The number of ether oxygens (including phenoxy) is 1. The minimum atomic E-state index is -0.258. The van der Waals surface area contributed by atoms with Gasteiger partial charge < -0.3 is 10.1 Å². The molecule has 168 valence electrons. The predicted molar refractivity (Wildman–Crippen MR) is 127 cm³/mol. The Morgan fingerprint density at radius 1 is 1.12 bits per heavy atom. The molecule has 1 aliphatic rings. The molecule has 0 spiro atoms. The fourth-order valence-corrected chi connectivity index (χ4v) is 4.88. The smallest absolute Gasteiger partial charge is 0.233 e. The number of hydrogen-bond donors (Lipinski definition) is 1. The minimum absolute atomic E-state index is 0.0627. The zero-order chi connectivity index (χ0) is 22.3. The van der Waals surface area contributed by atoms with Crippen molar-refractivity contribution in [3.8, 4) is 11.4 Å². The first-order valence-corrected chi connectivity index (χ1v) is 12.2. The van der Waals surface area contributed by atoms with E-state index in [0.29, 0.717) is 24.2 Å². The van der Waals surface area contributed by atoms with E-state index in [9.17, 15) is 4.79 Å². The van der Waals surface area contributed by atoms with Crippen LogP contribution in [0.15, 0.2) is 59.8 Å². The molecule has 1 atom stereocenters. The zero-order valence-corrected chi connectivity index (χ0v) is 19.5. The summed E-state index contributed by atoms with van der Waals surface area (Å²) in [6, 6.07) is 18.5. The Kier molecular flexibility index (Phi) is 7.47. The maximum Gasteiger partial charge on any atom is 0.233 e. The standard InChI is InChI=1S/C25H30N4O2S/c1-3-31-22-15-13-21(14-16-22)29-23(17-19-9-5-4-6-10-19)27-28-25(29)32-18(2)24(30)26-20-11-7-8-12-20/h4-6,9-10,13-16,18,20H,3,7-8,11-12,17H2,1-2H3,(H,26,30). The molecule has 1 saturated carbocycles. The second-order valence-electron chi connectivity index (χ2n) is 8.07. The minimum Gasteiger partial charge on any atom is -0.494 e. The normalized spacial score (nSPS) is 14.9. The first-order valence-electron chi connectivity index (χ1n) is 11.3. The van der Waals surface area contributed by atoms with Crippen molar-refractivity contribution >= 4 is 17.7 Å². The highest BCUT2D eigenvalue weighted by Crippen LogP contribution is 2.28. The van der Waals surface area contributed by atoms with Crippen LogP contribution in [0.2, 0.25) is 0 Å². The SMILES string of the molecule is CCOc1ccc(-n2c(Cc3ccccc3)nnc2SC(C)C(=O)NC2CCCC2)cc1. The first-order chi connectivity index (χ1) is 15.6. The Balaban J connectivity index is 1.58. The van der Waals surface area contributed by atoms with E-state index >= 15 is 0 Å². The summed E-state index contributed by atoms with van der Waals surface area (Å²) in [5.41, 5.74) is 2.12. The number of carbonyl (C=O) groups excluding carboxylic acids is 1. The molecule has 3 aromatic rings. The average molecular weight is 451 g/mol. The number of rotatable bonds is 9. The van der Waals surface area contributed by atoms with Crippen LogP contribution < -0.4 is 10.1 Å². The molecule has 1 amide bonds. The Hall–Kier alpha value is -2.80. The van der Waals surface area contributed by atoms with Crippen LogP contribution in [0.1, 0.15) is 50.9 Å². The molecule has 7 heteroatoms. The van der Waals surface area contributed by atoms with E-state index in [0.717, 1.165) is 35.7 Å². The van der Waals surface area contributed by atoms with E-state index in [1.54, 1.807) is 0 Å². The molecule has 1 aliphatic carbocycles. The van der Waals surface area contributed by atoms with E-state index < -0.39 is 0 Å². The van der Waals surface area contributed by atoms with Gasteiger partial charge in [-0.25, -0.2) is 0 Å². The van der Waals surface area contributed by atoms with Crippen molar-refractivity contribution in [2.75, 3.05) is 6.61 Å². The van der Waals surface area contributed by atoms with E-state index in [4.69, 9.17) is 4.74 Å². The van der Waals surface area contributed by atoms with Crippen molar-refractivity contribution in [3.05, 3.63) is 66.0 Å². The van der Waals surface area contributed by atoms with Gasteiger partial charge in [0.2, 0.25) is 5.91 Å². The van der Waals surface area contributed by atoms with Crippen molar-refractivity contribution < 1.29 is 9.53 Å². The third-order valence-corrected chi connectivity index (χ3v) is 6.71. The van der Waals surface area contributed by atoms with Gasteiger partial charge in [0.25, 0.3) is 0 Å². The molecular weight excluding hydrogens is 420 g/mol. The largest absolute Gasteiger partial charge is 0.494 e. The van der Waals surface area contributed by atoms with E-state index in [1.165, 1.54) is 24.6 Å². The Morgan fingerprint density at radius 2 is 1.84 bits per heavy atom. The number of aromatic nitrogens is 3. The van der Waals surface area contributed by atoms with Crippen molar-refractivity contribution in [2.24, 2.45) is 0 Å². The van der Waals surface area contributed by atoms with Crippen molar-refractivity contribution in [2.45, 2.75) is 62.4 Å². The summed E-state index contributed by atoms with van der Waals surface area (Å²) in [6.45, 7) is 4.53. The summed E-state index contributed by atoms with van der Waals surface area (Å²) < 4.78 is 7.64. The summed E-state index contributed by atoms with van der Waals surface area (Å²) in [6.07, 6.45) is 5.20. The van der Waals surface area contributed by atoms with Gasteiger partial charge >= 0.3 is 0 Å². The summed E-state index contributed by atoms with van der Waals surface area (Å²) >= 11 is 1.45. The van der Waals surface area contributed by atoms with E-state index in [1.807, 2.05) is 60.9 Å². The van der Waals surface area contributed by atoms with Gasteiger partial charge in [0.15, 0.2) is 5.16 Å². The van der Waals surface area contributed by atoms with Gasteiger partial charge in [0.1, 0.15) is 11.6 Å². The van der Waals surface area contributed by atoms with Crippen LogP contribution in [0.25, 0.3) is 5.69 Å². The zero-order valence-electron chi connectivity index (χ0n) is 18.7. The van der Waals surface area contributed by atoms with Gasteiger partial charge in [-0.1, -0.05) is 54.9 Å². The van der Waals surface area contributed by atoms with Gasteiger partial charge in [0.05, 0.1) is 11.9 Å². The highest BCUT2D eigenvalue weighted by atomic mass is 32.2. The lowest BCUT2D eigenvalue weighted by Gasteiger charge is -2.17.